The number of hydrogen-bond donors (Lipinski definition) is 0. The molecule has 5 nitrogen and oxygen atoms in total. The van der Waals surface area contributed by atoms with Gasteiger partial charge >= 0.3 is 0 Å². The Morgan fingerprint density at radius 3 is 0.929 bits per heavy atom. The minimum absolute atomic E-state index is 0.413. The normalized spacial score (nSPS) is 12.3. The second-order valence-corrected chi connectivity index (χ2v) is 21.3. The van der Waals surface area contributed by atoms with Crippen molar-refractivity contribution in [2.45, 2.75) is 0 Å². The summed E-state index contributed by atoms with van der Waals surface area (Å²) in [7, 11) is 0. The number of rotatable bonds is 3. The van der Waals surface area contributed by atoms with Gasteiger partial charge in [0.25, 0.3) is 0 Å². The van der Waals surface area contributed by atoms with Gasteiger partial charge in [0, 0.05) is 92.8 Å². The van der Waals surface area contributed by atoms with Crippen LogP contribution in [-0.2, 0) is 0 Å². The van der Waals surface area contributed by atoms with Crippen LogP contribution in [0.3, 0.4) is 0 Å². The van der Waals surface area contributed by atoms with Gasteiger partial charge in [-0.1, -0.05) is 127 Å². The van der Waals surface area contributed by atoms with Crippen molar-refractivity contribution in [1.29, 1.82) is 10.5 Å². The summed E-state index contributed by atoms with van der Waals surface area (Å²) in [6, 6.07) is 72.6. The summed E-state index contributed by atoms with van der Waals surface area (Å²) >= 11 is 5.45. The van der Waals surface area contributed by atoms with Crippen molar-refractivity contribution in [2.24, 2.45) is 0 Å². The van der Waals surface area contributed by atoms with Crippen molar-refractivity contribution in [2.75, 3.05) is 0 Å². The largest absolute Gasteiger partial charge is 0.306 e. The fraction of sp³-hybridized carbons (Fsp3) is 0. The van der Waals surface area contributed by atoms with Crippen molar-refractivity contribution in [1.82, 2.24) is 13.7 Å². The topological polar surface area (TPSA) is 62.4 Å². The van der Waals surface area contributed by atoms with Gasteiger partial charge in [0.1, 0.15) is 12.1 Å². The Morgan fingerprint density at radius 2 is 0.586 bits per heavy atom. The highest BCUT2D eigenvalue weighted by Crippen LogP contribution is 2.51. The highest BCUT2D eigenvalue weighted by molar-refractivity contribution is 7.27. The summed E-state index contributed by atoms with van der Waals surface area (Å²) in [6.45, 7) is 0. The summed E-state index contributed by atoms with van der Waals surface area (Å²) in [5, 5.41) is 37.5. The molecule has 0 aliphatic heterocycles. The first-order valence-corrected chi connectivity index (χ1v) is 25.7. The lowest BCUT2D eigenvalue weighted by atomic mass is 10.0. The third-order valence-corrected chi connectivity index (χ3v) is 18.3. The fourth-order valence-electron chi connectivity index (χ4n) is 11.9. The van der Waals surface area contributed by atoms with Crippen LogP contribution in [-0.4, -0.2) is 13.7 Å². The van der Waals surface area contributed by atoms with Gasteiger partial charge in [0.2, 0.25) is 0 Å². The molecule has 0 saturated heterocycles. The smallest absolute Gasteiger partial charge is 0.101 e. The molecular weight excluding hydrogens is 911 g/mol. The Bertz CT molecular complexity index is 4890. The molecule has 0 radical (unpaired) electrons. The number of aromatic nitrogens is 3. The molecule has 0 aliphatic carbocycles. The number of hydrogen-bond acceptors (Lipinski definition) is 5. The predicted molar refractivity (Wildman–Crippen MR) is 298 cm³/mol. The van der Waals surface area contributed by atoms with Gasteiger partial charge in [-0.05, 0) is 60.7 Å². The maximum absolute atomic E-state index is 11.7. The van der Waals surface area contributed by atoms with Gasteiger partial charge in [0.05, 0.1) is 61.3 Å². The summed E-state index contributed by atoms with van der Waals surface area (Å²) in [5.74, 6) is 0. The molecule has 0 spiro atoms. The summed E-state index contributed by atoms with van der Waals surface area (Å²) < 4.78 is 14.3. The molecule has 6 aromatic heterocycles. The lowest BCUT2D eigenvalue weighted by Gasteiger charge is -2.24. The van der Waals surface area contributed by atoms with E-state index in [1.165, 1.54) is 60.5 Å². The molecule has 6 heterocycles. The number of nitriles is 2. The highest BCUT2D eigenvalue weighted by Gasteiger charge is 2.31. The zero-order chi connectivity index (χ0) is 45.9. The summed E-state index contributed by atoms with van der Waals surface area (Å²) in [4.78, 5) is 0. The Kier molecular flexibility index (Phi) is 7.60. The molecule has 0 N–H and O–H groups in total. The highest BCUT2D eigenvalue weighted by atomic mass is 32.1. The molecule has 70 heavy (non-hydrogen) atoms. The van der Waals surface area contributed by atoms with Gasteiger partial charge in [-0.3, -0.25) is 0 Å². The van der Waals surface area contributed by atoms with E-state index in [4.69, 9.17) is 0 Å². The molecule has 0 atom stereocenters. The average molecular weight is 942 g/mol. The zero-order valence-corrected chi connectivity index (χ0v) is 39.3. The molecule has 0 unspecified atom stereocenters. The van der Waals surface area contributed by atoms with E-state index in [0.717, 1.165) is 82.5 Å². The molecule has 8 heteroatoms. The Hall–Kier alpha value is -8.76. The molecule has 0 aliphatic rings. The number of fused-ring (bicyclic) bond motifs is 21. The molecular formula is C62H31N5S3. The fourth-order valence-corrected chi connectivity index (χ4v) is 15.7. The van der Waals surface area contributed by atoms with E-state index in [-0.39, 0.29) is 0 Å². The van der Waals surface area contributed by atoms with E-state index in [2.05, 4.69) is 208 Å². The zero-order valence-electron chi connectivity index (χ0n) is 36.9. The number of para-hydroxylation sites is 3. The van der Waals surface area contributed by atoms with Crippen molar-refractivity contribution in [3.63, 3.8) is 0 Å². The minimum Gasteiger partial charge on any atom is -0.306 e. The Morgan fingerprint density at radius 1 is 0.286 bits per heavy atom. The third kappa shape index (κ3) is 4.82. The van der Waals surface area contributed by atoms with Crippen LogP contribution in [0.1, 0.15) is 11.1 Å². The van der Waals surface area contributed by atoms with Gasteiger partial charge in [-0.25, -0.2) is 0 Å². The quantitative estimate of drug-likeness (QED) is 0.177. The molecule has 10 aromatic carbocycles. The van der Waals surface area contributed by atoms with Crippen LogP contribution in [0.15, 0.2) is 188 Å². The number of benzene rings is 10. The number of nitrogens with zero attached hydrogens (tertiary/aromatic N) is 5. The average Bonchev–Trinajstić information content (AvgIpc) is 4.26. The maximum Gasteiger partial charge on any atom is 0.101 e. The van der Waals surface area contributed by atoms with Crippen LogP contribution in [0.2, 0.25) is 0 Å². The van der Waals surface area contributed by atoms with Crippen LogP contribution in [0, 0.1) is 22.7 Å². The van der Waals surface area contributed by atoms with Crippen molar-refractivity contribution < 1.29 is 0 Å². The molecule has 0 amide bonds. The van der Waals surface area contributed by atoms with Crippen LogP contribution in [0.4, 0.5) is 0 Å². The van der Waals surface area contributed by atoms with Gasteiger partial charge in [-0.15, -0.1) is 34.0 Å². The van der Waals surface area contributed by atoms with Gasteiger partial charge in [-0.2, -0.15) is 10.5 Å². The standard InChI is InChI=1S/C62H31N5S3/c63-32-34-31-35(33-64)58(66-46-20-8-2-17-43(46)55-49(66)29-26-40-37-14-5-11-23-52(37)69-61(40)55)59(67-47-21-9-3-18-44(47)56-50(67)30-27-41-38-15-6-12-24-53(38)70-62(41)56)57(34)65-45-19-7-1-16-42(45)54-48(65)28-25-39-36-13-4-10-22-51(36)68-60(39)54/h1-31H. The minimum atomic E-state index is 0.413. The van der Waals surface area contributed by atoms with E-state index in [9.17, 15) is 10.5 Å². The maximum atomic E-state index is 11.7. The van der Waals surface area contributed by atoms with Crippen LogP contribution >= 0.6 is 34.0 Å². The van der Waals surface area contributed by atoms with Crippen molar-refractivity contribution in [3.8, 4) is 29.2 Å². The molecule has 16 rings (SSSR count). The van der Waals surface area contributed by atoms with E-state index in [0.29, 0.717) is 11.1 Å². The first-order valence-electron chi connectivity index (χ1n) is 23.2. The van der Waals surface area contributed by atoms with Crippen LogP contribution in [0.25, 0.3) is 143 Å². The lowest BCUT2D eigenvalue weighted by molar-refractivity contribution is 1.04. The first kappa shape index (κ1) is 38.2. The number of thiophene rings is 3. The lowest BCUT2D eigenvalue weighted by Crippen LogP contribution is -2.13. The summed E-state index contributed by atoms with van der Waals surface area (Å²) in [5.41, 5.74) is 8.98. The molecule has 0 fully saturated rings. The second-order valence-electron chi connectivity index (χ2n) is 18.1. The van der Waals surface area contributed by atoms with Crippen LogP contribution in [0.5, 0.6) is 0 Å². The molecule has 322 valence electrons. The predicted octanol–water partition coefficient (Wildman–Crippen LogP) is 17.8. The Labute approximate surface area is 409 Å². The molecule has 16 aromatic rings. The summed E-state index contributed by atoms with van der Waals surface area (Å²) in [6.07, 6.45) is 0. The van der Waals surface area contributed by atoms with E-state index in [1.54, 1.807) is 0 Å². The van der Waals surface area contributed by atoms with E-state index < -0.39 is 0 Å². The molecule has 0 bridgehead atoms. The van der Waals surface area contributed by atoms with E-state index >= 15 is 0 Å². The second kappa shape index (κ2) is 13.9. The van der Waals surface area contributed by atoms with Gasteiger partial charge in [0.15, 0.2) is 0 Å². The van der Waals surface area contributed by atoms with Crippen molar-refractivity contribution >= 4 is 160 Å². The van der Waals surface area contributed by atoms with Gasteiger partial charge < -0.3 is 13.7 Å². The third-order valence-electron chi connectivity index (χ3n) is 14.7. The first-order chi connectivity index (χ1) is 34.7. The van der Waals surface area contributed by atoms with E-state index in [1.807, 2.05) is 40.1 Å². The Balaban J connectivity index is 1.16. The monoisotopic (exact) mass is 941 g/mol. The SMILES string of the molecule is N#Cc1cc(C#N)c(-n2c3ccccc3c3c4sc5ccccc5c4ccc32)c(-n2c3ccccc3c3c4sc5ccccc5c4ccc32)c1-n1c2ccccc2c2c3sc4ccccc4c3ccc21. The molecule has 0 saturated carbocycles. The van der Waals surface area contributed by atoms with Crippen LogP contribution < -0.4 is 0 Å². The van der Waals surface area contributed by atoms with Crippen molar-refractivity contribution in [3.05, 3.63) is 199 Å².